The van der Waals surface area contributed by atoms with Crippen LogP contribution in [-0.4, -0.2) is 49.2 Å². The van der Waals surface area contributed by atoms with Gasteiger partial charge in [-0.25, -0.2) is 4.79 Å². The Bertz CT molecular complexity index is 465. The zero-order valence-corrected chi connectivity index (χ0v) is 11.9. The Labute approximate surface area is 114 Å². The van der Waals surface area contributed by atoms with Crippen LogP contribution >= 0.6 is 0 Å². The summed E-state index contributed by atoms with van der Waals surface area (Å²) in [5.41, 5.74) is 2.21. The number of carboxylic acids is 1. The van der Waals surface area contributed by atoms with Crippen molar-refractivity contribution in [3.05, 3.63) is 29.3 Å². The quantitative estimate of drug-likeness (QED) is 0.907. The zero-order valence-electron chi connectivity index (χ0n) is 11.9. The third-order valence-electron chi connectivity index (χ3n) is 4.09. The molecule has 1 saturated heterocycles. The molecular formula is C15H22N2O2. The summed E-state index contributed by atoms with van der Waals surface area (Å²) in [6.07, 6.45) is 2.26. The average Bonchev–Trinajstić information content (AvgIpc) is 2.39. The Balaban J connectivity index is 2.17. The van der Waals surface area contributed by atoms with Crippen molar-refractivity contribution < 1.29 is 9.90 Å². The molecule has 4 nitrogen and oxygen atoms in total. The Morgan fingerprint density at radius 2 is 2.00 bits per heavy atom. The van der Waals surface area contributed by atoms with E-state index in [1.54, 1.807) is 6.07 Å². The summed E-state index contributed by atoms with van der Waals surface area (Å²) in [7, 11) is 4.21. The van der Waals surface area contributed by atoms with Crippen molar-refractivity contribution in [2.45, 2.75) is 25.8 Å². The van der Waals surface area contributed by atoms with Crippen LogP contribution < -0.4 is 4.90 Å². The van der Waals surface area contributed by atoms with Gasteiger partial charge in [-0.1, -0.05) is 6.07 Å². The first-order chi connectivity index (χ1) is 8.99. The van der Waals surface area contributed by atoms with Crippen LogP contribution in [0.15, 0.2) is 18.2 Å². The number of rotatable bonds is 3. The summed E-state index contributed by atoms with van der Waals surface area (Å²) >= 11 is 0. The van der Waals surface area contributed by atoms with Gasteiger partial charge in [-0.2, -0.15) is 0 Å². The molecule has 19 heavy (non-hydrogen) atoms. The van der Waals surface area contributed by atoms with Crippen LogP contribution in [0.4, 0.5) is 5.69 Å². The predicted molar refractivity (Wildman–Crippen MR) is 77.1 cm³/mol. The van der Waals surface area contributed by atoms with E-state index < -0.39 is 5.97 Å². The van der Waals surface area contributed by atoms with Crippen molar-refractivity contribution in [1.82, 2.24) is 4.90 Å². The Hall–Kier alpha value is -1.55. The van der Waals surface area contributed by atoms with Crippen molar-refractivity contribution in [3.8, 4) is 0 Å². The zero-order chi connectivity index (χ0) is 14.0. The molecule has 0 spiro atoms. The second kappa shape index (κ2) is 5.61. The molecular weight excluding hydrogens is 240 g/mol. The number of nitrogens with zero attached hydrogens (tertiary/aromatic N) is 2. The maximum Gasteiger partial charge on any atom is 0.336 e. The fourth-order valence-electron chi connectivity index (χ4n) is 2.65. The number of aromatic carboxylic acids is 1. The lowest BCUT2D eigenvalue weighted by molar-refractivity contribution is 0.0696. The van der Waals surface area contributed by atoms with Crippen LogP contribution in [0.5, 0.6) is 0 Å². The fourth-order valence-corrected chi connectivity index (χ4v) is 2.65. The first kappa shape index (κ1) is 13.9. The lowest BCUT2D eigenvalue weighted by Gasteiger charge is -2.36. The normalized spacial score (nSPS) is 17.4. The van der Waals surface area contributed by atoms with E-state index >= 15 is 0 Å². The van der Waals surface area contributed by atoms with Crippen molar-refractivity contribution in [1.29, 1.82) is 0 Å². The molecule has 0 aromatic heterocycles. The molecule has 0 amide bonds. The monoisotopic (exact) mass is 262 g/mol. The van der Waals surface area contributed by atoms with Gasteiger partial charge in [0.15, 0.2) is 0 Å². The van der Waals surface area contributed by atoms with Crippen LogP contribution in [0, 0.1) is 6.92 Å². The molecule has 2 rings (SSSR count). The van der Waals surface area contributed by atoms with Crippen LogP contribution in [0.2, 0.25) is 0 Å². The summed E-state index contributed by atoms with van der Waals surface area (Å²) in [4.78, 5) is 15.7. The molecule has 1 aromatic carbocycles. The number of piperidine rings is 1. The first-order valence-corrected chi connectivity index (χ1v) is 6.74. The van der Waals surface area contributed by atoms with Crippen LogP contribution in [-0.2, 0) is 0 Å². The van der Waals surface area contributed by atoms with Crippen molar-refractivity contribution in [2.24, 2.45) is 0 Å². The van der Waals surface area contributed by atoms with E-state index in [0.29, 0.717) is 11.6 Å². The number of anilines is 1. The van der Waals surface area contributed by atoms with Crippen molar-refractivity contribution in [3.63, 3.8) is 0 Å². The van der Waals surface area contributed by atoms with Crippen LogP contribution in [0.1, 0.15) is 28.8 Å². The van der Waals surface area contributed by atoms with Gasteiger partial charge in [0.2, 0.25) is 0 Å². The van der Waals surface area contributed by atoms with Gasteiger partial charge in [-0.15, -0.1) is 0 Å². The minimum atomic E-state index is -0.851. The molecule has 1 N–H and O–H groups in total. The fraction of sp³-hybridized carbons (Fsp3) is 0.533. The van der Waals surface area contributed by atoms with E-state index in [1.807, 2.05) is 19.1 Å². The predicted octanol–water partition coefficient (Wildman–Crippen LogP) is 2.22. The topological polar surface area (TPSA) is 43.8 Å². The van der Waals surface area contributed by atoms with E-state index in [1.165, 1.54) is 0 Å². The highest BCUT2D eigenvalue weighted by molar-refractivity contribution is 5.90. The lowest BCUT2D eigenvalue weighted by atomic mass is 10.0. The highest BCUT2D eigenvalue weighted by atomic mass is 16.4. The van der Waals surface area contributed by atoms with Gasteiger partial charge < -0.3 is 14.9 Å². The van der Waals surface area contributed by atoms with Crippen LogP contribution in [0.3, 0.4) is 0 Å². The molecule has 0 atom stereocenters. The largest absolute Gasteiger partial charge is 0.478 e. The number of hydrogen-bond acceptors (Lipinski definition) is 3. The van der Waals surface area contributed by atoms with Crippen LogP contribution in [0.25, 0.3) is 0 Å². The molecule has 0 aliphatic carbocycles. The van der Waals surface area contributed by atoms with E-state index in [2.05, 4.69) is 23.9 Å². The average molecular weight is 262 g/mol. The van der Waals surface area contributed by atoms with Gasteiger partial charge in [0, 0.05) is 18.8 Å². The number of benzene rings is 1. The third kappa shape index (κ3) is 3.07. The Morgan fingerprint density at radius 1 is 1.37 bits per heavy atom. The highest BCUT2D eigenvalue weighted by Gasteiger charge is 2.21. The molecule has 0 radical (unpaired) electrons. The minimum Gasteiger partial charge on any atom is -0.478 e. The summed E-state index contributed by atoms with van der Waals surface area (Å²) in [5, 5.41) is 9.19. The van der Waals surface area contributed by atoms with E-state index in [9.17, 15) is 9.90 Å². The first-order valence-electron chi connectivity index (χ1n) is 6.74. The van der Waals surface area contributed by atoms with Crippen molar-refractivity contribution in [2.75, 3.05) is 32.1 Å². The molecule has 0 saturated carbocycles. The molecule has 0 unspecified atom stereocenters. The second-order valence-corrected chi connectivity index (χ2v) is 5.45. The smallest absolute Gasteiger partial charge is 0.336 e. The van der Waals surface area contributed by atoms with E-state index in [0.717, 1.165) is 37.2 Å². The highest BCUT2D eigenvalue weighted by Crippen LogP contribution is 2.24. The number of carboxylic acid groups (broad SMARTS) is 1. The van der Waals surface area contributed by atoms with Gasteiger partial charge in [-0.05, 0) is 57.6 Å². The number of hydrogen-bond donors (Lipinski definition) is 1. The summed E-state index contributed by atoms with van der Waals surface area (Å²) in [5.74, 6) is -0.851. The number of likely N-dealkylation sites (tertiary alicyclic amines) is 1. The molecule has 1 heterocycles. The van der Waals surface area contributed by atoms with Gasteiger partial charge in [-0.3, -0.25) is 0 Å². The SMILES string of the molecule is Cc1ccc(N(C)C2CCN(C)CC2)cc1C(=O)O. The van der Waals surface area contributed by atoms with E-state index in [4.69, 9.17) is 0 Å². The van der Waals surface area contributed by atoms with Gasteiger partial charge in [0.1, 0.15) is 0 Å². The number of carbonyl (C=O) groups is 1. The lowest BCUT2D eigenvalue weighted by Crippen LogP contribution is -2.42. The molecule has 1 aromatic rings. The van der Waals surface area contributed by atoms with E-state index in [-0.39, 0.29) is 0 Å². The standard InChI is InChI=1S/C15H22N2O2/c1-11-4-5-13(10-14(11)15(18)19)17(3)12-6-8-16(2)9-7-12/h4-5,10,12H,6-9H2,1-3H3,(H,18,19). The van der Waals surface area contributed by atoms with Crippen molar-refractivity contribution >= 4 is 11.7 Å². The Morgan fingerprint density at radius 3 is 2.58 bits per heavy atom. The van der Waals surface area contributed by atoms with Gasteiger partial charge in [0.25, 0.3) is 0 Å². The number of aryl methyl sites for hydroxylation is 1. The second-order valence-electron chi connectivity index (χ2n) is 5.45. The molecule has 1 aliphatic heterocycles. The molecule has 1 fully saturated rings. The minimum absolute atomic E-state index is 0.400. The van der Waals surface area contributed by atoms with Gasteiger partial charge >= 0.3 is 5.97 Å². The summed E-state index contributed by atoms with van der Waals surface area (Å²) in [6, 6.07) is 6.20. The maximum absolute atomic E-state index is 11.2. The summed E-state index contributed by atoms with van der Waals surface area (Å²) in [6.45, 7) is 4.04. The maximum atomic E-state index is 11.2. The molecule has 4 heteroatoms. The summed E-state index contributed by atoms with van der Waals surface area (Å²) < 4.78 is 0. The molecule has 0 bridgehead atoms. The Kier molecular flexibility index (Phi) is 4.10. The molecule has 104 valence electrons. The molecule has 1 aliphatic rings. The van der Waals surface area contributed by atoms with Gasteiger partial charge in [0.05, 0.1) is 5.56 Å². The third-order valence-corrected chi connectivity index (χ3v) is 4.09.